The Labute approximate surface area is 190 Å². The van der Waals surface area contributed by atoms with Crippen molar-refractivity contribution in [1.82, 2.24) is 10.2 Å². The zero-order chi connectivity index (χ0) is 22.8. The van der Waals surface area contributed by atoms with Gasteiger partial charge in [0.15, 0.2) is 12.4 Å². The molecule has 1 N–H and O–H groups in total. The van der Waals surface area contributed by atoms with Crippen molar-refractivity contribution in [3.63, 3.8) is 0 Å². The van der Waals surface area contributed by atoms with Gasteiger partial charge in [-0.25, -0.2) is 0 Å². The summed E-state index contributed by atoms with van der Waals surface area (Å²) in [5.74, 6) is 0.328. The Kier molecular flexibility index (Phi) is 8.58. The third-order valence-corrected chi connectivity index (χ3v) is 5.45. The maximum absolute atomic E-state index is 12.5. The van der Waals surface area contributed by atoms with Gasteiger partial charge in [0, 0.05) is 17.7 Å². The molecule has 0 bridgehead atoms. The normalized spacial score (nSPS) is 11.7. The quantitative estimate of drug-likeness (QED) is 0.455. The van der Waals surface area contributed by atoms with Crippen LogP contribution in [0.5, 0.6) is 5.75 Å². The first-order valence-corrected chi connectivity index (χ1v) is 11.0. The fourth-order valence-corrected chi connectivity index (χ4v) is 3.67. The molecule has 5 heteroatoms. The van der Waals surface area contributed by atoms with Crippen molar-refractivity contribution in [3.8, 4) is 5.75 Å². The van der Waals surface area contributed by atoms with E-state index in [1.807, 2.05) is 36.4 Å². The molecule has 0 aliphatic heterocycles. The van der Waals surface area contributed by atoms with Gasteiger partial charge < -0.3 is 10.1 Å². The number of amides is 1. The van der Waals surface area contributed by atoms with E-state index in [1.54, 1.807) is 36.4 Å². The maximum Gasteiger partial charge on any atom is 0.258 e. The van der Waals surface area contributed by atoms with Crippen LogP contribution in [-0.4, -0.2) is 42.8 Å². The smallest absolute Gasteiger partial charge is 0.258 e. The second-order valence-corrected chi connectivity index (χ2v) is 7.46. The number of carbonyl (C=O) groups excluding carboxylic acids is 2. The van der Waals surface area contributed by atoms with Crippen LogP contribution >= 0.6 is 0 Å². The van der Waals surface area contributed by atoms with E-state index in [0.29, 0.717) is 23.4 Å². The Balaban J connectivity index is 1.53. The third kappa shape index (κ3) is 6.28. The molecule has 0 aliphatic rings. The minimum Gasteiger partial charge on any atom is -0.484 e. The van der Waals surface area contributed by atoms with Gasteiger partial charge in [-0.3, -0.25) is 14.5 Å². The number of ether oxygens (including phenoxy) is 1. The van der Waals surface area contributed by atoms with Crippen molar-refractivity contribution in [2.24, 2.45) is 0 Å². The van der Waals surface area contributed by atoms with E-state index in [-0.39, 0.29) is 24.3 Å². The van der Waals surface area contributed by atoms with Crippen molar-refractivity contribution in [2.45, 2.75) is 19.9 Å². The van der Waals surface area contributed by atoms with Crippen LogP contribution in [0.25, 0.3) is 0 Å². The minimum atomic E-state index is -0.178. The lowest BCUT2D eigenvalue weighted by Crippen LogP contribution is -2.39. The van der Waals surface area contributed by atoms with Crippen LogP contribution in [0.4, 0.5) is 0 Å². The lowest BCUT2D eigenvalue weighted by molar-refractivity contribution is -0.123. The summed E-state index contributed by atoms with van der Waals surface area (Å²) in [6, 6.07) is 26.3. The number of nitrogens with one attached hydrogen (secondary N) is 1. The first kappa shape index (κ1) is 23.2. The van der Waals surface area contributed by atoms with Crippen LogP contribution in [0.15, 0.2) is 84.9 Å². The van der Waals surface area contributed by atoms with E-state index < -0.39 is 0 Å². The van der Waals surface area contributed by atoms with Gasteiger partial charge in [0.2, 0.25) is 0 Å². The first-order valence-electron chi connectivity index (χ1n) is 11.0. The van der Waals surface area contributed by atoms with Crippen LogP contribution in [0.1, 0.15) is 41.4 Å². The summed E-state index contributed by atoms with van der Waals surface area (Å²) >= 11 is 0. The molecule has 0 heterocycles. The van der Waals surface area contributed by atoms with Crippen molar-refractivity contribution >= 4 is 11.7 Å². The van der Waals surface area contributed by atoms with Crippen LogP contribution in [0.3, 0.4) is 0 Å². The monoisotopic (exact) mass is 430 g/mol. The molecule has 3 aromatic rings. The summed E-state index contributed by atoms with van der Waals surface area (Å²) in [6.45, 7) is 6.48. The number of hydrogen-bond donors (Lipinski definition) is 1. The number of ketones is 1. The fraction of sp³-hybridized carbons (Fsp3) is 0.259. The van der Waals surface area contributed by atoms with Gasteiger partial charge in [-0.05, 0) is 42.9 Å². The van der Waals surface area contributed by atoms with Crippen molar-refractivity contribution in [3.05, 3.63) is 102 Å². The number of likely N-dealkylation sites (N-methyl/N-ethyl adjacent to an activating group) is 1. The highest BCUT2D eigenvalue weighted by atomic mass is 16.5. The zero-order valence-corrected chi connectivity index (χ0v) is 18.7. The summed E-state index contributed by atoms with van der Waals surface area (Å²) in [5, 5.41) is 2.99. The molecule has 0 spiro atoms. The van der Waals surface area contributed by atoms with Gasteiger partial charge in [0.25, 0.3) is 5.91 Å². The lowest BCUT2D eigenvalue weighted by atomic mass is 10.0. The molecule has 0 saturated heterocycles. The van der Waals surface area contributed by atoms with E-state index >= 15 is 0 Å². The van der Waals surface area contributed by atoms with Crippen LogP contribution in [-0.2, 0) is 4.79 Å². The average Bonchev–Trinajstić information content (AvgIpc) is 2.86. The van der Waals surface area contributed by atoms with Crippen molar-refractivity contribution < 1.29 is 14.3 Å². The predicted molar refractivity (Wildman–Crippen MR) is 127 cm³/mol. The highest BCUT2D eigenvalue weighted by Crippen LogP contribution is 2.19. The Bertz CT molecular complexity index is 984. The second-order valence-electron chi connectivity index (χ2n) is 7.46. The molecular formula is C27H30N2O3. The van der Waals surface area contributed by atoms with E-state index in [0.717, 1.165) is 13.1 Å². The lowest BCUT2D eigenvalue weighted by Gasteiger charge is -2.30. The number of benzene rings is 3. The predicted octanol–water partition coefficient (Wildman–Crippen LogP) is 4.50. The van der Waals surface area contributed by atoms with Crippen LogP contribution < -0.4 is 10.1 Å². The van der Waals surface area contributed by atoms with Gasteiger partial charge in [0.05, 0.1) is 6.04 Å². The Morgan fingerprint density at radius 2 is 1.38 bits per heavy atom. The SMILES string of the molecule is CCN(CC)[C@H](CNC(=O)COc1ccc(C(=O)c2ccccc2)cc1)c1ccccc1. The molecule has 1 atom stereocenters. The second kappa shape index (κ2) is 11.8. The maximum atomic E-state index is 12.5. The van der Waals surface area contributed by atoms with Crippen LogP contribution in [0.2, 0.25) is 0 Å². The Morgan fingerprint density at radius 3 is 1.97 bits per heavy atom. The molecular weight excluding hydrogens is 400 g/mol. The van der Waals surface area contributed by atoms with E-state index in [2.05, 4.69) is 36.2 Å². The van der Waals surface area contributed by atoms with Gasteiger partial charge in [0.1, 0.15) is 5.75 Å². The summed E-state index contributed by atoms with van der Waals surface area (Å²) in [5.41, 5.74) is 2.40. The molecule has 32 heavy (non-hydrogen) atoms. The molecule has 0 aromatic heterocycles. The molecule has 0 saturated carbocycles. The van der Waals surface area contributed by atoms with Crippen LogP contribution in [0, 0.1) is 0 Å². The summed E-state index contributed by atoms with van der Waals surface area (Å²) in [6.07, 6.45) is 0. The molecule has 1 amide bonds. The number of hydrogen-bond acceptors (Lipinski definition) is 4. The molecule has 3 aromatic carbocycles. The van der Waals surface area contributed by atoms with Crippen molar-refractivity contribution in [2.75, 3.05) is 26.2 Å². The summed E-state index contributed by atoms with van der Waals surface area (Å²) < 4.78 is 5.62. The molecule has 5 nitrogen and oxygen atoms in total. The highest BCUT2D eigenvalue weighted by Gasteiger charge is 2.18. The highest BCUT2D eigenvalue weighted by molar-refractivity contribution is 6.08. The first-order chi connectivity index (χ1) is 15.6. The fourth-order valence-electron chi connectivity index (χ4n) is 3.67. The number of carbonyl (C=O) groups is 2. The molecule has 0 fully saturated rings. The third-order valence-electron chi connectivity index (χ3n) is 5.45. The molecule has 3 rings (SSSR count). The molecule has 0 radical (unpaired) electrons. The van der Waals surface area contributed by atoms with Gasteiger partial charge in [-0.1, -0.05) is 74.5 Å². The molecule has 166 valence electrons. The summed E-state index contributed by atoms with van der Waals surface area (Å²) in [7, 11) is 0. The summed E-state index contributed by atoms with van der Waals surface area (Å²) in [4.78, 5) is 27.2. The molecule has 0 aliphatic carbocycles. The van der Waals surface area contributed by atoms with E-state index in [1.165, 1.54) is 5.56 Å². The van der Waals surface area contributed by atoms with Crippen molar-refractivity contribution in [1.29, 1.82) is 0 Å². The number of rotatable bonds is 11. The van der Waals surface area contributed by atoms with Gasteiger partial charge >= 0.3 is 0 Å². The van der Waals surface area contributed by atoms with Gasteiger partial charge in [-0.2, -0.15) is 0 Å². The average molecular weight is 431 g/mol. The van der Waals surface area contributed by atoms with Gasteiger partial charge in [-0.15, -0.1) is 0 Å². The minimum absolute atomic E-state index is 0.0433. The Morgan fingerprint density at radius 1 is 0.812 bits per heavy atom. The standard InChI is InChI=1S/C27H30N2O3/c1-3-29(4-2)25(21-11-7-5-8-12-21)19-28-26(30)20-32-24-17-15-23(16-18-24)27(31)22-13-9-6-10-14-22/h5-18,25H,3-4,19-20H2,1-2H3,(H,28,30)/t25-/m1/s1. The topological polar surface area (TPSA) is 58.6 Å². The largest absolute Gasteiger partial charge is 0.484 e. The van der Waals surface area contributed by atoms with E-state index in [4.69, 9.17) is 4.74 Å². The zero-order valence-electron chi connectivity index (χ0n) is 18.7. The van der Waals surface area contributed by atoms with E-state index in [9.17, 15) is 9.59 Å². The Hall–Kier alpha value is -3.44. The molecule has 0 unspecified atom stereocenters. The number of nitrogens with zero attached hydrogens (tertiary/aromatic N) is 1.